The van der Waals surface area contributed by atoms with Crippen molar-refractivity contribution in [1.29, 1.82) is 0 Å². The van der Waals surface area contributed by atoms with Gasteiger partial charge in [-0.15, -0.1) is 0 Å². The summed E-state index contributed by atoms with van der Waals surface area (Å²) in [5.74, 6) is 0. The molecule has 2 rings (SSSR count). The number of rotatable bonds is 3. The van der Waals surface area contributed by atoms with Gasteiger partial charge in [-0.3, -0.25) is 0 Å². The van der Waals surface area contributed by atoms with Crippen molar-refractivity contribution in [3.05, 3.63) is 29.8 Å². The number of benzene rings is 1. The number of hydrogen-bond acceptors (Lipinski definition) is 2. The van der Waals surface area contributed by atoms with E-state index in [0.717, 1.165) is 18.4 Å². The highest BCUT2D eigenvalue weighted by Crippen LogP contribution is 2.23. The lowest BCUT2D eigenvalue weighted by Crippen LogP contribution is -2.26. The first-order valence-corrected chi connectivity index (χ1v) is 6.07. The Balaban J connectivity index is 2.33. The number of aryl methyl sites for hydroxylation is 1. The van der Waals surface area contributed by atoms with Gasteiger partial charge in [0.25, 0.3) is 0 Å². The van der Waals surface area contributed by atoms with Crippen LogP contribution in [0.25, 0.3) is 0 Å². The van der Waals surface area contributed by atoms with Crippen molar-refractivity contribution in [2.24, 2.45) is 0 Å². The molecule has 1 saturated carbocycles. The van der Waals surface area contributed by atoms with Crippen molar-refractivity contribution in [2.45, 2.75) is 30.7 Å². The zero-order valence-electron chi connectivity index (χ0n) is 7.95. The molecule has 1 aromatic rings. The average Bonchev–Trinajstić information content (AvgIpc) is 2.88. The fourth-order valence-electron chi connectivity index (χ4n) is 1.27. The molecule has 0 aliphatic heterocycles. The molecule has 0 aromatic heterocycles. The monoisotopic (exact) mass is 210 g/mol. The van der Waals surface area contributed by atoms with Crippen LogP contribution in [0.4, 0.5) is 0 Å². The third-order valence-electron chi connectivity index (χ3n) is 2.22. The van der Waals surface area contributed by atoms with Crippen LogP contribution in [0.1, 0.15) is 18.4 Å². The van der Waals surface area contributed by atoms with Gasteiger partial charge in [-0.1, -0.05) is 12.1 Å². The average molecular weight is 210 g/mol. The quantitative estimate of drug-likeness (QED) is 0.815. The van der Waals surface area contributed by atoms with Crippen molar-refractivity contribution < 1.29 is 8.42 Å². The second-order valence-corrected chi connectivity index (χ2v) is 5.27. The van der Waals surface area contributed by atoms with Gasteiger partial charge in [0.15, 0.2) is 0 Å². The minimum absolute atomic E-state index is 0.152. The van der Waals surface area contributed by atoms with E-state index in [9.17, 15) is 8.42 Å². The van der Waals surface area contributed by atoms with Crippen LogP contribution in [0.3, 0.4) is 0 Å². The van der Waals surface area contributed by atoms with Crippen LogP contribution in [-0.4, -0.2) is 14.5 Å². The van der Waals surface area contributed by atoms with Gasteiger partial charge in [-0.05, 0) is 37.5 Å². The van der Waals surface area contributed by atoms with E-state index in [4.69, 9.17) is 0 Å². The molecular weight excluding hydrogens is 198 g/mol. The maximum Gasteiger partial charge on any atom is 0.241 e. The van der Waals surface area contributed by atoms with E-state index in [2.05, 4.69) is 10.8 Å². The Morgan fingerprint density at radius 3 is 2.79 bits per heavy atom. The van der Waals surface area contributed by atoms with Crippen molar-refractivity contribution in [3.8, 4) is 0 Å². The number of sulfonamides is 1. The molecule has 1 radical (unpaired) electrons. The lowest BCUT2D eigenvalue weighted by molar-refractivity contribution is 0.580. The fraction of sp³-hybridized carbons (Fsp3) is 0.400. The van der Waals surface area contributed by atoms with Crippen molar-refractivity contribution >= 4 is 10.0 Å². The molecule has 14 heavy (non-hydrogen) atoms. The molecule has 0 amide bonds. The Morgan fingerprint density at radius 2 is 2.21 bits per heavy atom. The predicted molar refractivity (Wildman–Crippen MR) is 53.4 cm³/mol. The van der Waals surface area contributed by atoms with E-state index >= 15 is 0 Å². The summed E-state index contributed by atoms with van der Waals surface area (Å²) in [4.78, 5) is 0.340. The first kappa shape index (κ1) is 9.68. The SMILES string of the molecule is Cc1cc[c]cc1S(=O)(=O)NC1CC1. The van der Waals surface area contributed by atoms with E-state index in [1.165, 1.54) is 6.07 Å². The van der Waals surface area contributed by atoms with Gasteiger partial charge < -0.3 is 0 Å². The van der Waals surface area contributed by atoms with Gasteiger partial charge in [-0.25, -0.2) is 13.1 Å². The van der Waals surface area contributed by atoms with Crippen molar-refractivity contribution in [3.63, 3.8) is 0 Å². The van der Waals surface area contributed by atoms with Gasteiger partial charge >= 0.3 is 0 Å². The van der Waals surface area contributed by atoms with Gasteiger partial charge in [-0.2, -0.15) is 0 Å². The molecule has 1 N–H and O–H groups in total. The minimum Gasteiger partial charge on any atom is -0.208 e. The zero-order chi connectivity index (χ0) is 10.2. The van der Waals surface area contributed by atoms with Crippen molar-refractivity contribution in [1.82, 2.24) is 4.72 Å². The van der Waals surface area contributed by atoms with Gasteiger partial charge in [0.2, 0.25) is 10.0 Å². The highest BCUT2D eigenvalue weighted by atomic mass is 32.2. The van der Waals surface area contributed by atoms with Crippen LogP contribution in [0.15, 0.2) is 23.1 Å². The first-order chi connectivity index (χ1) is 6.59. The molecule has 0 unspecified atom stereocenters. The third-order valence-corrected chi connectivity index (χ3v) is 3.88. The molecule has 0 bridgehead atoms. The van der Waals surface area contributed by atoms with Crippen LogP contribution in [-0.2, 0) is 10.0 Å². The smallest absolute Gasteiger partial charge is 0.208 e. The lowest BCUT2D eigenvalue weighted by Gasteiger charge is -2.07. The highest BCUT2D eigenvalue weighted by molar-refractivity contribution is 7.89. The fourth-order valence-corrected chi connectivity index (χ4v) is 2.78. The summed E-state index contributed by atoms with van der Waals surface area (Å²) < 4.78 is 26.2. The molecule has 0 atom stereocenters. The van der Waals surface area contributed by atoms with Crippen LogP contribution < -0.4 is 4.72 Å². The normalized spacial score (nSPS) is 16.9. The Morgan fingerprint density at radius 1 is 1.50 bits per heavy atom. The summed E-state index contributed by atoms with van der Waals surface area (Å²) in [6.07, 6.45) is 1.91. The summed E-state index contributed by atoms with van der Waals surface area (Å²) in [6, 6.07) is 7.91. The summed E-state index contributed by atoms with van der Waals surface area (Å²) >= 11 is 0. The maximum absolute atomic E-state index is 11.8. The maximum atomic E-state index is 11.8. The Bertz CT molecular complexity index is 435. The molecule has 75 valence electrons. The van der Waals surface area contributed by atoms with Gasteiger partial charge in [0, 0.05) is 6.04 Å². The van der Waals surface area contributed by atoms with Crippen molar-refractivity contribution in [2.75, 3.05) is 0 Å². The predicted octanol–water partition coefficient (Wildman–Crippen LogP) is 1.24. The molecule has 1 aromatic carbocycles. The van der Waals surface area contributed by atoms with Crippen LogP contribution >= 0.6 is 0 Å². The Hall–Kier alpha value is -0.870. The largest absolute Gasteiger partial charge is 0.241 e. The molecule has 0 heterocycles. The molecule has 0 saturated heterocycles. The Labute approximate surface area is 84.2 Å². The van der Waals surface area contributed by atoms with Gasteiger partial charge in [0.05, 0.1) is 4.90 Å². The van der Waals surface area contributed by atoms with E-state index in [1.54, 1.807) is 19.1 Å². The number of hydrogen-bond donors (Lipinski definition) is 1. The summed E-state index contributed by atoms with van der Waals surface area (Å²) in [5.41, 5.74) is 0.761. The van der Waals surface area contributed by atoms with Crippen LogP contribution in [0, 0.1) is 13.0 Å². The van der Waals surface area contributed by atoms with Crippen LogP contribution in [0.2, 0.25) is 0 Å². The summed E-state index contributed by atoms with van der Waals surface area (Å²) in [7, 11) is -3.31. The third kappa shape index (κ3) is 1.96. The van der Waals surface area contributed by atoms with E-state index in [0.29, 0.717) is 4.90 Å². The zero-order valence-corrected chi connectivity index (χ0v) is 8.76. The minimum atomic E-state index is -3.31. The summed E-state index contributed by atoms with van der Waals surface area (Å²) in [6.45, 7) is 1.79. The Kier molecular flexibility index (Phi) is 2.33. The second-order valence-electron chi connectivity index (χ2n) is 3.59. The second kappa shape index (κ2) is 3.37. The lowest BCUT2D eigenvalue weighted by atomic mass is 10.2. The van der Waals surface area contributed by atoms with E-state index in [1.807, 2.05) is 0 Å². The highest BCUT2D eigenvalue weighted by Gasteiger charge is 2.28. The summed E-state index contributed by atoms with van der Waals surface area (Å²) in [5, 5.41) is 0. The standard InChI is InChI=1S/C10H12NO2S/c1-8-4-2-3-5-10(8)14(12,13)11-9-6-7-9/h2,4-5,9,11H,6-7H2,1H3. The van der Waals surface area contributed by atoms with Crippen LogP contribution in [0.5, 0.6) is 0 Å². The van der Waals surface area contributed by atoms with E-state index < -0.39 is 10.0 Å². The van der Waals surface area contributed by atoms with Gasteiger partial charge in [0.1, 0.15) is 0 Å². The molecule has 0 spiro atoms. The molecular formula is C10H12NO2S. The van der Waals surface area contributed by atoms with E-state index in [-0.39, 0.29) is 6.04 Å². The first-order valence-electron chi connectivity index (χ1n) is 4.58. The number of nitrogens with one attached hydrogen (secondary N) is 1. The molecule has 1 aliphatic rings. The topological polar surface area (TPSA) is 46.2 Å². The molecule has 1 aliphatic carbocycles. The molecule has 1 fully saturated rings. The molecule has 3 nitrogen and oxygen atoms in total. The molecule has 4 heteroatoms.